The molecule has 1 amide bonds. The molecule has 0 aromatic heterocycles. The van der Waals surface area contributed by atoms with Crippen LogP contribution in [-0.2, 0) is 6.18 Å². The van der Waals surface area contributed by atoms with E-state index in [1.165, 1.54) is 12.1 Å². The van der Waals surface area contributed by atoms with Gasteiger partial charge in [0.05, 0.1) is 17.8 Å². The number of benzene rings is 4. The normalized spacial score (nSPS) is 11.4. The van der Waals surface area contributed by atoms with Gasteiger partial charge in [-0.1, -0.05) is 48.5 Å². The Hall–Kier alpha value is -3.14. The molecule has 2 nitrogen and oxygen atoms in total. The van der Waals surface area contributed by atoms with Gasteiger partial charge in [-0.2, -0.15) is 13.2 Å². The number of hydrogen-bond donors (Lipinski definition) is 1. The zero-order valence-corrected chi connectivity index (χ0v) is 19.9. The first-order chi connectivity index (χ1) is 15.8. The molecule has 0 saturated carbocycles. The second kappa shape index (κ2) is 10.4. The molecule has 0 bridgehead atoms. The summed E-state index contributed by atoms with van der Waals surface area (Å²) in [6, 6.07) is 32.1. The highest BCUT2D eigenvalue weighted by Gasteiger charge is 2.42. The topological polar surface area (TPSA) is 29.1 Å². The van der Waals surface area contributed by atoms with Crippen LogP contribution in [0.2, 0.25) is 0 Å². The fourth-order valence-electron chi connectivity index (χ4n) is 3.88. The van der Waals surface area contributed by atoms with Crippen LogP contribution >= 0.6 is 7.26 Å². The molecule has 0 fully saturated rings. The number of alkyl halides is 3. The van der Waals surface area contributed by atoms with Crippen molar-refractivity contribution in [2.24, 2.45) is 0 Å². The van der Waals surface area contributed by atoms with Crippen LogP contribution in [0, 0.1) is 0 Å². The monoisotopic (exact) mass is 499 g/mol. The summed E-state index contributed by atoms with van der Waals surface area (Å²) in [5, 5.41) is 5.93. The summed E-state index contributed by atoms with van der Waals surface area (Å²) in [6.45, 7) is 2.18. The van der Waals surface area contributed by atoms with Crippen molar-refractivity contribution in [3.63, 3.8) is 0 Å². The Morgan fingerprint density at radius 2 is 1.18 bits per heavy atom. The van der Waals surface area contributed by atoms with E-state index in [-0.39, 0.29) is 18.3 Å². The molecule has 0 atom stereocenters. The summed E-state index contributed by atoms with van der Waals surface area (Å²) < 4.78 is 38.6. The van der Waals surface area contributed by atoms with E-state index in [2.05, 4.69) is 36.2 Å². The molecule has 34 heavy (non-hydrogen) atoms. The van der Waals surface area contributed by atoms with Crippen LogP contribution in [0.4, 0.5) is 18.9 Å². The van der Waals surface area contributed by atoms with Crippen LogP contribution in [0.1, 0.15) is 15.9 Å². The molecule has 0 radical (unpaired) electrons. The lowest BCUT2D eigenvalue weighted by Crippen LogP contribution is -3.00. The maximum atomic E-state index is 13.3. The Morgan fingerprint density at radius 3 is 1.68 bits per heavy atom. The van der Waals surface area contributed by atoms with Crippen LogP contribution in [0.15, 0.2) is 109 Å². The summed E-state index contributed by atoms with van der Waals surface area (Å²) in [5.74, 6) is -0.358. The summed E-state index contributed by atoms with van der Waals surface area (Å²) in [7, 11) is -2.16. The van der Waals surface area contributed by atoms with E-state index in [0.29, 0.717) is 11.3 Å². The fourth-order valence-corrected chi connectivity index (χ4v) is 7.31. The average Bonchev–Trinajstić information content (AvgIpc) is 2.84. The minimum absolute atomic E-state index is 0. The minimum Gasteiger partial charge on any atom is -1.00 e. The molecular weight excluding hydrogens is 478 g/mol. The van der Waals surface area contributed by atoms with Gasteiger partial charge < -0.3 is 17.7 Å². The van der Waals surface area contributed by atoms with Gasteiger partial charge in [0.25, 0.3) is 5.91 Å². The largest absolute Gasteiger partial charge is 1.00 e. The van der Waals surface area contributed by atoms with Crippen molar-refractivity contribution in [3.8, 4) is 0 Å². The molecule has 7 heteroatoms. The highest BCUT2D eigenvalue weighted by atomic mass is 35.5. The van der Waals surface area contributed by atoms with Crippen LogP contribution in [0.3, 0.4) is 0 Å². The number of carbonyl (C=O) groups is 1. The molecule has 0 heterocycles. The molecule has 1 N–H and O–H groups in total. The maximum absolute atomic E-state index is 13.3. The number of anilines is 1. The SMILES string of the molecule is C[P+](c1ccccc1)(c1ccccc1)c1ccccc1C(=O)Nc1ccc(C(F)(F)F)cc1.[Cl-]. The lowest BCUT2D eigenvalue weighted by Gasteiger charge is -2.25. The fraction of sp³-hybridized carbons (Fsp3) is 0.0741. The van der Waals surface area contributed by atoms with Gasteiger partial charge in [0, 0.05) is 5.69 Å². The second-order valence-electron chi connectivity index (χ2n) is 7.72. The standard InChI is InChI=1S/C27H21F3NOP.ClH/c1-33(22-10-4-2-5-11-22,23-12-6-3-7-13-23)25-15-9-8-14-24(25)26(32)31-21-18-16-20(17-19-21)27(28,29)30;/h2-19H,1H3;1H. The Labute approximate surface area is 203 Å². The molecule has 174 valence electrons. The third-order valence-electron chi connectivity index (χ3n) is 5.65. The van der Waals surface area contributed by atoms with Crippen molar-refractivity contribution in [3.05, 3.63) is 120 Å². The van der Waals surface area contributed by atoms with Crippen molar-refractivity contribution in [2.75, 3.05) is 12.0 Å². The molecule has 4 aromatic rings. The van der Waals surface area contributed by atoms with Crippen LogP contribution in [0.25, 0.3) is 0 Å². The van der Waals surface area contributed by atoms with Crippen LogP contribution < -0.4 is 33.6 Å². The quantitative estimate of drug-likeness (QED) is 0.420. The summed E-state index contributed by atoms with van der Waals surface area (Å²) >= 11 is 0. The van der Waals surface area contributed by atoms with E-state index in [1.54, 1.807) is 12.1 Å². The first-order valence-electron chi connectivity index (χ1n) is 10.4. The molecule has 0 aliphatic heterocycles. The van der Waals surface area contributed by atoms with Crippen molar-refractivity contribution in [1.82, 2.24) is 0 Å². The van der Waals surface area contributed by atoms with E-state index < -0.39 is 19.0 Å². The summed E-state index contributed by atoms with van der Waals surface area (Å²) in [4.78, 5) is 13.3. The number of halogens is 4. The van der Waals surface area contributed by atoms with Crippen molar-refractivity contribution in [1.29, 1.82) is 0 Å². The maximum Gasteiger partial charge on any atom is 0.416 e. The van der Waals surface area contributed by atoms with E-state index in [0.717, 1.165) is 28.0 Å². The second-order valence-corrected chi connectivity index (χ2v) is 11.3. The molecule has 4 aromatic carbocycles. The average molecular weight is 500 g/mol. The highest BCUT2D eigenvalue weighted by Crippen LogP contribution is 2.52. The Balaban J connectivity index is 0.00000324. The zero-order chi connectivity index (χ0) is 23.5. The first kappa shape index (κ1) is 25.5. The van der Waals surface area contributed by atoms with Gasteiger partial charge in [0.15, 0.2) is 0 Å². The number of amides is 1. The van der Waals surface area contributed by atoms with E-state index in [4.69, 9.17) is 0 Å². The van der Waals surface area contributed by atoms with E-state index in [9.17, 15) is 18.0 Å². The summed E-state index contributed by atoms with van der Waals surface area (Å²) in [6.07, 6.45) is -4.42. The predicted molar refractivity (Wildman–Crippen MR) is 130 cm³/mol. The molecular formula is C27H22ClF3NOP. The van der Waals surface area contributed by atoms with Gasteiger partial charge >= 0.3 is 6.18 Å². The number of rotatable bonds is 5. The lowest BCUT2D eigenvalue weighted by atomic mass is 10.1. The van der Waals surface area contributed by atoms with Crippen molar-refractivity contribution >= 4 is 34.8 Å². The Kier molecular flexibility index (Phi) is 7.81. The Bertz CT molecular complexity index is 1210. The number of carbonyl (C=O) groups excluding carboxylic acids is 1. The molecule has 0 saturated heterocycles. The van der Waals surface area contributed by atoms with Crippen LogP contribution in [-0.4, -0.2) is 12.6 Å². The molecule has 4 rings (SSSR count). The molecule has 0 unspecified atom stereocenters. The third-order valence-corrected chi connectivity index (χ3v) is 9.66. The van der Waals surface area contributed by atoms with Gasteiger partial charge in [-0.15, -0.1) is 0 Å². The van der Waals surface area contributed by atoms with Crippen LogP contribution in [0.5, 0.6) is 0 Å². The molecule has 0 aliphatic carbocycles. The van der Waals surface area contributed by atoms with Gasteiger partial charge in [-0.05, 0) is 60.7 Å². The van der Waals surface area contributed by atoms with Gasteiger partial charge in [0.2, 0.25) is 0 Å². The number of nitrogens with one attached hydrogen (secondary N) is 1. The Morgan fingerprint density at radius 1 is 0.706 bits per heavy atom. The highest BCUT2D eigenvalue weighted by molar-refractivity contribution is 7.95. The minimum atomic E-state index is -4.42. The first-order valence-corrected chi connectivity index (χ1v) is 12.6. The van der Waals surface area contributed by atoms with Gasteiger partial charge in [0.1, 0.15) is 23.2 Å². The van der Waals surface area contributed by atoms with Gasteiger partial charge in [-0.25, -0.2) is 0 Å². The molecule has 0 aliphatic rings. The third kappa shape index (κ3) is 5.16. The van der Waals surface area contributed by atoms with Crippen molar-refractivity contribution in [2.45, 2.75) is 6.18 Å². The van der Waals surface area contributed by atoms with Gasteiger partial charge in [-0.3, -0.25) is 4.79 Å². The van der Waals surface area contributed by atoms with E-state index >= 15 is 0 Å². The van der Waals surface area contributed by atoms with Crippen molar-refractivity contribution < 1.29 is 30.4 Å². The summed E-state index contributed by atoms with van der Waals surface area (Å²) in [5.41, 5.74) is 0.0516. The zero-order valence-electron chi connectivity index (χ0n) is 18.3. The smallest absolute Gasteiger partial charge is 0.416 e. The van der Waals surface area contributed by atoms with E-state index in [1.807, 2.05) is 48.5 Å². The predicted octanol–water partition coefficient (Wildman–Crippen LogP) is 2.89. The molecule has 0 spiro atoms. The number of hydrogen-bond acceptors (Lipinski definition) is 1. The lowest BCUT2D eigenvalue weighted by molar-refractivity contribution is -0.137.